The van der Waals surface area contributed by atoms with E-state index in [1.165, 1.54) is 0 Å². The van der Waals surface area contributed by atoms with E-state index in [9.17, 15) is 14.7 Å². The fraction of sp³-hybridized carbons (Fsp3) is 0.409. The first-order chi connectivity index (χ1) is 14.1. The Kier molecular flexibility index (Phi) is 4.28. The van der Waals surface area contributed by atoms with Crippen LogP contribution in [0.2, 0.25) is 0 Å². The number of carboxylic acids is 1. The van der Waals surface area contributed by atoms with Crippen LogP contribution in [-0.4, -0.2) is 59.8 Å². The van der Waals surface area contributed by atoms with Crippen molar-refractivity contribution in [1.82, 2.24) is 9.88 Å². The highest BCUT2D eigenvalue weighted by Gasteiger charge is 2.55. The Morgan fingerprint density at radius 1 is 1.17 bits per heavy atom. The minimum Gasteiger partial charge on any atom is -0.493 e. The van der Waals surface area contributed by atoms with E-state index in [4.69, 9.17) is 9.47 Å². The van der Waals surface area contributed by atoms with Crippen molar-refractivity contribution >= 4 is 11.9 Å². The molecule has 1 amide bonds. The van der Waals surface area contributed by atoms with E-state index in [1.807, 2.05) is 18.2 Å². The molecule has 1 N–H and O–H groups in total. The van der Waals surface area contributed by atoms with Gasteiger partial charge in [-0.2, -0.15) is 0 Å². The van der Waals surface area contributed by atoms with Crippen LogP contribution in [0.15, 0.2) is 36.7 Å². The van der Waals surface area contributed by atoms with Gasteiger partial charge in [0.2, 0.25) is 0 Å². The number of hydrogen-bond acceptors (Lipinski definition) is 5. The minimum atomic E-state index is -0.904. The van der Waals surface area contributed by atoms with Gasteiger partial charge in [0.15, 0.2) is 0 Å². The molecule has 0 radical (unpaired) electrons. The highest BCUT2D eigenvalue weighted by Crippen LogP contribution is 2.43. The van der Waals surface area contributed by atoms with Gasteiger partial charge in [0, 0.05) is 50.0 Å². The number of fused-ring (bicyclic) bond motifs is 2. The number of aliphatic carboxylic acids is 1. The molecule has 29 heavy (non-hydrogen) atoms. The number of carboxylic acid groups (broad SMARTS) is 1. The quantitative estimate of drug-likeness (QED) is 0.859. The Hall–Kier alpha value is -2.93. The standard InChI is InChI=1S/C22H22N2O5/c25-20(24-11-18-12-28-6-4-22(18,13-24)21(26)27)17-8-16(9-23-10-17)14-1-2-19-15(7-14)3-5-29-19/h1-2,7-10,18H,3-6,11-13H2,(H,26,27)/t18-,22+/m0/s1. The van der Waals surface area contributed by atoms with Gasteiger partial charge in [-0.15, -0.1) is 0 Å². The normalized spacial score (nSPS) is 25.2. The summed E-state index contributed by atoms with van der Waals surface area (Å²) in [7, 11) is 0. The molecular formula is C22H22N2O5. The summed E-state index contributed by atoms with van der Waals surface area (Å²) in [6.07, 6.45) is 4.61. The van der Waals surface area contributed by atoms with Crippen LogP contribution in [0, 0.1) is 11.3 Å². The molecule has 1 aromatic carbocycles. The third-order valence-electron chi connectivity index (χ3n) is 6.43. The lowest BCUT2D eigenvalue weighted by Gasteiger charge is -2.33. The lowest BCUT2D eigenvalue weighted by atomic mass is 9.74. The molecule has 3 aliphatic rings. The largest absolute Gasteiger partial charge is 0.493 e. The monoisotopic (exact) mass is 394 g/mol. The second-order valence-electron chi connectivity index (χ2n) is 8.05. The molecule has 2 aromatic rings. The van der Waals surface area contributed by atoms with Crippen LogP contribution in [-0.2, 0) is 16.0 Å². The molecule has 0 unspecified atom stereocenters. The topological polar surface area (TPSA) is 89.0 Å². The Morgan fingerprint density at radius 3 is 2.90 bits per heavy atom. The highest BCUT2D eigenvalue weighted by molar-refractivity contribution is 5.96. The van der Waals surface area contributed by atoms with E-state index in [0.717, 1.165) is 28.9 Å². The van der Waals surface area contributed by atoms with Crippen molar-refractivity contribution in [3.05, 3.63) is 47.8 Å². The molecule has 0 aliphatic carbocycles. The van der Waals surface area contributed by atoms with Crippen LogP contribution in [0.4, 0.5) is 0 Å². The summed E-state index contributed by atoms with van der Waals surface area (Å²) in [5.41, 5.74) is 2.57. The summed E-state index contributed by atoms with van der Waals surface area (Å²) in [5, 5.41) is 9.82. The smallest absolute Gasteiger partial charge is 0.311 e. The van der Waals surface area contributed by atoms with Crippen molar-refractivity contribution in [3.63, 3.8) is 0 Å². The Balaban J connectivity index is 1.41. The lowest BCUT2D eigenvalue weighted by molar-refractivity contribution is -0.157. The zero-order valence-electron chi connectivity index (χ0n) is 16.0. The fourth-order valence-electron chi connectivity index (χ4n) is 4.72. The van der Waals surface area contributed by atoms with Gasteiger partial charge >= 0.3 is 5.97 Å². The van der Waals surface area contributed by atoms with Crippen molar-refractivity contribution in [3.8, 4) is 16.9 Å². The van der Waals surface area contributed by atoms with E-state index in [1.54, 1.807) is 17.3 Å². The number of amides is 1. The number of nitrogens with zero attached hydrogens (tertiary/aromatic N) is 2. The van der Waals surface area contributed by atoms with Gasteiger partial charge in [-0.3, -0.25) is 14.6 Å². The maximum absolute atomic E-state index is 13.2. The number of benzene rings is 1. The molecule has 5 rings (SSSR count). The SMILES string of the molecule is O=C(c1cncc(-c2ccc3c(c2)CCO3)c1)N1C[C@H]2COCC[C@@]2(C(=O)O)C1. The molecule has 150 valence electrons. The molecule has 2 fully saturated rings. The van der Waals surface area contributed by atoms with Crippen LogP contribution in [0.1, 0.15) is 22.3 Å². The zero-order valence-corrected chi connectivity index (χ0v) is 16.0. The van der Waals surface area contributed by atoms with Crippen molar-refractivity contribution < 1.29 is 24.2 Å². The number of carbonyl (C=O) groups excluding carboxylic acids is 1. The number of pyridine rings is 1. The molecule has 2 atom stereocenters. The first kappa shape index (κ1) is 18.1. The van der Waals surface area contributed by atoms with Crippen LogP contribution >= 0.6 is 0 Å². The summed E-state index contributed by atoms with van der Waals surface area (Å²) in [5.74, 6) is -0.285. The predicted molar refractivity (Wildman–Crippen MR) is 104 cm³/mol. The number of ether oxygens (including phenoxy) is 2. The van der Waals surface area contributed by atoms with Gasteiger partial charge in [0.25, 0.3) is 5.91 Å². The van der Waals surface area contributed by atoms with E-state index in [0.29, 0.717) is 38.3 Å². The van der Waals surface area contributed by atoms with E-state index >= 15 is 0 Å². The van der Waals surface area contributed by atoms with Crippen molar-refractivity contribution in [2.24, 2.45) is 11.3 Å². The van der Waals surface area contributed by atoms with Gasteiger partial charge in [-0.25, -0.2) is 0 Å². The average molecular weight is 394 g/mol. The predicted octanol–water partition coefficient (Wildman–Crippen LogP) is 2.25. The van der Waals surface area contributed by atoms with Crippen molar-refractivity contribution in [2.75, 3.05) is 32.9 Å². The Labute approximate surface area is 168 Å². The molecule has 4 heterocycles. The number of carbonyl (C=O) groups is 2. The molecular weight excluding hydrogens is 372 g/mol. The molecule has 7 nitrogen and oxygen atoms in total. The van der Waals surface area contributed by atoms with Crippen molar-refractivity contribution in [2.45, 2.75) is 12.8 Å². The molecule has 3 aliphatic heterocycles. The van der Waals surface area contributed by atoms with Gasteiger partial charge < -0.3 is 19.5 Å². The second kappa shape index (κ2) is 6.84. The maximum atomic E-state index is 13.2. The summed E-state index contributed by atoms with van der Waals surface area (Å²) in [6, 6.07) is 7.83. The third-order valence-corrected chi connectivity index (χ3v) is 6.43. The van der Waals surface area contributed by atoms with Crippen LogP contribution < -0.4 is 4.74 Å². The molecule has 7 heteroatoms. The maximum Gasteiger partial charge on any atom is 0.311 e. The summed E-state index contributed by atoms with van der Waals surface area (Å²) in [6.45, 7) is 2.11. The van der Waals surface area contributed by atoms with Crippen LogP contribution in [0.5, 0.6) is 5.75 Å². The van der Waals surface area contributed by atoms with Gasteiger partial charge in [-0.05, 0) is 35.7 Å². The highest BCUT2D eigenvalue weighted by atomic mass is 16.5. The third kappa shape index (κ3) is 2.97. The first-order valence-corrected chi connectivity index (χ1v) is 9.88. The Bertz CT molecular complexity index is 991. The van der Waals surface area contributed by atoms with Crippen LogP contribution in [0.25, 0.3) is 11.1 Å². The van der Waals surface area contributed by atoms with Gasteiger partial charge in [0.1, 0.15) is 5.75 Å². The van der Waals surface area contributed by atoms with Gasteiger partial charge in [-0.1, -0.05) is 6.07 Å². The van der Waals surface area contributed by atoms with Crippen molar-refractivity contribution in [1.29, 1.82) is 0 Å². The average Bonchev–Trinajstić information content (AvgIpc) is 3.37. The first-order valence-electron chi connectivity index (χ1n) is 9.88. The zero-order chi connectivity index (χ0) is 20.0. The van der Waals surface area contributed by atoms with E-state index in [-0.39, 0.29) is 18.4 Å². The lowest BCUT2D eigenvalue weighted by Crippen LogP contribution is -2.45. The summed E-state index contributed by atoms with van der Waals surface area (Å²) < 4.78 is 11.0. The van der Waals surface area contributed by atoms with E-state index < -0.39 is 11.4 Å². The van der Waals surface area contributed by atoms with Gasteiger partial charge in [0.05, 0.1) is 24.2 Å². The molecule has 0 bridgehead atoms. The number of likely N-dealkylation sites (tertiary alicyclic amines) is 1. The summed E-state index contributed by atoms with van der Waals surface area (Å²) >= 11 is 0. The minimum absolute atomic E-state index is 0.175. The Morgan fingerprint density at radius 2 is 2.07 bits per heavy atom. The fourth-order valence-corrected chi connectivity index (χ4v) is 4.72. The summed E-state index contributed by atoms with van der Waals surface area (Å²) in [4.78, 5) is 31.1. The van der Waals surface area contributed by atoms with Crippen LogP contribution in [0.3, 0.4) is 0 Å². The number of aromatic nitrogens is 1. The van der Waals surface area contributed by atoms with E-state index in [2.05, 4.69) is 11.1 Å². The molecule has 0 saturated carbocycles. The number of rotatable bonds is 3. The molecule has 2 saturated heterocycles. The molecule has 0 spiro atoms. The second-order valence-corrected chi connectivity index (χ2v) is 8.05. The number of hydrogen-bond donors (Lipinski definition) is 1. The molecule has 1 aromatic heterocycles.